The van der Waals surface area contributed by atoms with Crippen molar-refractivity contribution in [2.24, 2.45) is 11.8 Å². The maximum atomic E-state index is 13.1. The van der Waals surface area contributed by atoms with Crippen LogP contribution in [0.15, 0.2) is 24.4 Å². The normalized spacial score (nSPS) is 31.7. The summed E-state index contributed by atoms with van der Waals surface area (Å²) in [6.07, 6.45) is 5.24. The van der Waals surface area contributed by atoms with Crippen molar-refractivity contribution in [3.63, 3.8) is 0 Å². The molecule has 2 bridgehead atoms. The monoisotopic (exact) mass is 360 g/mol. The van der Waals surface area contributed by atoms with E-state index in [2.05, 4.69) is 10.2 Å². The van der Waals surface area contributed by atoms with Crippen LogP contribution in [0, 0.1) is 11.8 Å². The molecule has 8 nitrogen and oxygen atoms in total. The van der Waals surface area contributed by atoms with Gasteiger partial charge in [0.1, 0.15) is 5.60 Å². The van der Waals surface area contributed by atoms with Crippen LogP contribution in [-0.4, -0.2) is 76.9 Å². The number of H-pyrrole nitrogens is 1. The molecule has 0 radical (unpaired) electrons. The molecule has 2 saturated heterocycles. The second-order valence-electron chi connectivity index (χ2n) is 7.13. The molecule has 1 aromatic rings. The lowest BCUT2D eigenvalue weighted by Crippen LogP contribution is -2.44. The molecule has 26 heavy (non-hydrogen) atoms. The molecule has 0 aliphatic carbocycles. The summed E-state index contributed by atoms with van der Waals surface area (Å²) >= 11 is 0. The smallest absolute Gasteiger partial charge is 0.230 e. The predicted octanol–water partition coefficient (Wildman–Crippen LogP) is 0.187. The topological polar surface area (TPSA) is 87.8 Å². The Balaban J connectivity index is 1.50. The average Bonchev–Trinajstić information content (AvgIpc) is 3.38. The van der Waals surface area contributed by atoms with Gasteiger partial charge < -0.3 is 19.3 Å². The van der Waals surface area contributed by atoms with Gasteiger partial charge >= 0.3 is 0 Å². The molecule has 4 atom stereocenters. The number of nitrogens with one attached hydrogen (secondary N) is 1. The highest BCUT2D eigenvalue weighted by atomic mass is 16.5. The number of aromatic nitrogens is 2. The first-order chi connectivity index (χ1) is 12.6. The van der Waals surface area contributed by atoms with Crippen molar-refractivity contribution in [2.75, 3.05) is 33.4 Å². The number of likely N-dealkylation sites (tertiary alicyclic amines) is 1. The molecule has 2 fully saturated rings. The molecule has 140 valence electrons. The van der Waals surface area contributed by atoms with Crippen LogP contribution in [0.2, 0.25) is 0 Å². The summed E-state index contributed by atoms with van der Waals surface area (Å²) in [6, 6.07) is 1.83. The molecular weight excluding hydrogens is 336 g/mol. The fourth-order valence-corrected chi connectivity index (χ4v) is 4.33. The number of hydrogen-bond donors (Lipinski definition) is 1. The second-order valence-corrected chi connectivity index (χ2v) is 7.13. The first kappa shape index (κ1) is 17.2. The molecule has 2 amide bonds. The van der Waals surface area contributed by atoms with E-state index in [4.69, 9.17) is 9.47 Å². The van der Waals surface area contributed by atoms with Crippen LogP contribution in [0.1, 0.15) is 12.6 Å². The van der Waals surface area contributed by atoms with Gasteiger partial charge in [-0.3, -0.25) is 14.7 Å². The number of rotatable bonds is 7. The summed E-state index contributed by atoms with van der Waals surface area (Å²) in [5.74, 6) is -1.00. The molecule has 0 aromatic carbocycles. The molecule has 0 saturated carbocycles. The van der Waals surface area contributed by atoms with Gasteiger partial charge in [-0.05, 0) is 13.0 Å². The number of carbonyl (C=O) groups is 2. The van der Waals surface area contributed by atoms with E-state index in [9.17, 15) is 9.59 Å². The van der Waals surface area contributed by atoms with E-state index in [0.717, 1.165) is 5.69 Å². The van der Waals surface area contributed by atoms with E-state index < -0.39 is 17.4 Å². The third kappa shape index (κ3) is 2.64. The Morgan fingerprint density at radius 1 is 1.58 bits per heavy atom. The highest BCUT2D eigenvalue weighted by Gasteiger charge is 2.66. The summed E-state index contributed by atoms with van der Waals surface area (Å²) in [5.41, 5.74) is 0.189. The fraction of sp³-hybridized carbons (Fsp3) is 0.611. The highest BCUT2D eigenvalue weighted by Crippen LogP contribution is 2.52. The zero-order valence-electron chi connectivity index (χ0n) is 15.1. The quantitative estimate of drug-likeness (QED) is 0.554. The lowest BCUT2D eigenvalue weighted by atomic mass is 9.76. The Kier molecular flexibility index (Phi) is 4.32. The number of nitrogens with zero attached hydrogens (tertiary/aromatic N) is 3. The first-order valence-electron chi connectivity index (χ1n) is 9.02. The predicted molar refractivity (Wildman–Crippen MR) is 91.9 cm³/mol. The number of aromatic amines is 1. The summed E-state index contributed by atoms with van der Waals surface area (Å²) in [7, 11) is 1.75. The van der Waals surface area contributed by atoms with Crippen molar-refractivity contribution in [1.82, 2.24) is 20.0 Å². The zero-order valence-corrected chi connectivity index (χ0v) is 15.1. The highest BCUT2D eigenvalue weighted by molar-refractivity contribution is 5.93. The second kappa shape index (κ2) is 6.51. The summed E-state index contributed by atoms with van der Waals surface area (Å²) in [6.45, 7) is 4.48. The van der Waals surface area contributed by atoms with Crippen molar-refractivity contribution in [3.05, 3.63) is 30.1 Å². The Hall–Kier alpha value is -2.19. The van der Waals surface area contributed by atoms with Gasteiger partial charge in [0.25, 0.3) is 0 Å². The zero-order chi connectivity index (χ0) is 18.3. The molecule has 8 heteroatoms. The Bertz CT molecular complexity index is 719. The summed E-state index contributed by atoms with van der Waals surface area (Å²) < 4.78 is 11.5. The van der Waals surface area contributed by atoms with E-state index in [0.29, 0.717) is 32.8 Å². The summed E-state index contributed by atoms with van der Waals surface area (Å²) in [4.78, 5) is 29.5. The van der Waals surface area contributed by atoms with E-state index >= 15 is 0 Å². The van der Waals surface area contributed by atoms with Crippen LogP contribution in [0.5, 0.6) is 0 Å². The third-order valence-corrected chi connectivity index (χ3v) is 5.52. The molecule has 1 aromatic heterocycles. The molecule has 1 N–H and O–H groups in total. The minimum absolute atomic E-state index is 0.00940. The average molecular weight is 360 g/mol. The largest absolute Gasteiger partial charge is 0.380 e. The minimum atomic E-state index is -0.664. The van der Waals surface area contributed by atoms with E-state index in [-0.39, 0.29) is 17.9 Å². The van der Waals surface area contributed by atoms with Gasteiger partial charge in [-0.2, -0.15) is 5.10 Å². The number of fused-ring (bicyclic) bond motifs is 1. The van der Waals surface area contributed by atoms with Gasteiger partial charge in [-0.1, -0.05) is 12.2 Å². The van der Waals surface area contributed by atoms with Crippen LogP contribution in [0.25, 0.3) is 0 Å². The van der Waals surface area contributed by atoms with E-state index in [1.165, 1.54) is 0 Å². The first-order valence-corrected chi connectivity index (χ1v) is 9.02. The van der Waals surface area contributed by atoms with E-state index in [1.807, 2.05) is 25.1 Å². The SMILES string of the molecule is CCOCCN1C[C@]23C=C[C@H](O2)[C@@H](C(=O)N(C)Cc2ccn[nH]2)[C@H]3C1=O. The molecule has 3 aliphatic rings. The summed E-state index contributed by atoms with van der Waals surface area (Å²) in [5, 5.41) is 6.77. The fourth-order valence-electron chi connectivity index (χ4n) is 4.33. The maximum absolute atomic E-state index is 13.1. The maximum Gasteiger partial charge on any atom is 0.230 e. The molecule has 0 unspecified atom stereocenters. The van der Waals surface area contributed by atoms with Gasteiger partial charge in [0, 0.05) is 26.4 Å². The van der Waals surface area contributed by atoms with Crippen molar-refractivity contribution in [2.45, 2.75) is 25.2 Å². The standard InChI is InChI=1S/C18H24N4O4/c1-3-25-9-8-22-11-18-6-4-13(26-18)14(15(18)17(22)24)16(23)21(2)10-12-5-7-19-20-12/h4-7,13-15H,3,8-11H2,1-2H3,(H,19,20)/t13-,14+,15-,18-/m0/s1. The molecule has 3 aliphatic heterocycles. The Morgan fingerprint density at radius 3 is 3.15 bits per heavy atom. The van der Waals surface area contributed by atoms with Gasteiger partial charge in [0.15, 0.2) is 0 Å². The Labute approximate surface area is 152 Å². The van der Waals surface area contributed by atoms with Gasteiger partial charge in [0.05, 0.1) is 43.3 Å². The minimum Gasteiger partial charge on any atom is -0.380 e. The Morgan fingerprint density at radius 2 is 2.42 bits per heavy atom. The van der Waals surface area contributed by atoms with Gasteiger partial charge in [-0.15, -0.1) is 0 Å². The van der Waals surface area contributed by atoms with Gasteiger partial charge in [-0.25, -0.2) is 0 Å². The van der Waals surface area contributed by atoms with Crippen molar-refractivity contribution >= 4 is 11.8 Å². The number of ether oxygens (including phenoxy) is 2. The van der Waals surface area contributed by atoms with Crippen molar-refractivity contribution < 1.29 is 19.1 Å². The number of hydrogen-bond acceptors (Lipinski definition) is 5. The lowest BCUT2D eigenvalue weighted by Gasteiger charge is -2.27. The lowest BCUT2D eigenvalue weighted by molar-refractivity contribution is -0.143. The third-order valence-electron chi connectivity index (χ3n) is 5.52. The van der Waals surface area contributed by atoms with E-state index in [1.54, 1.807) is 23.0 Å². The van der Waals surface area contributed by atoms with Crippen LogP contribution in [0.4, 0.5) is 0 Å². The number of carbonyl (C=O) groups excluding carboxylic acids is 2. The van der Waals surface area contributed by atoms with Crippen LogP contribution < -0.4 is 0 Å². The molecule has 4 rings (SSSR count). The van der Waals surface area contributed by atoms with Crippen molar-refractivity contribution in [1.29, 1.82) is 0 Å². The number of amides is 2. The molecule has 4 heterocycles. The van der Waals surface area contributed by atoms with Gasteiger partial charge in [0.2, 0.25) is 11.8 Å². The van der Waals surface area contributed by atoms with Crippen LogP contribution in [-0.2, 0) is 25.6 Å². The molecular formula is C18H24N4O4. The van der Waals surface area contributed by atoms with Crippen molar-refractivity contribution in [3.8, 4) is 0 Å². The molecule has 1 spiro atoms. The van der Waals surface area contributed by atoms with Crippen LogP contribution >= 0.6 is 0 Å². The van der Waals surface area contributed by atoms with Crippen LogP contribution in [0.3, 0.4) is 0 Å².